The maximum Gasteiger partial charge on any atom is 0.338 e. The molecule has 4 heterocycles. The third kappa shape index (κ3) is 5.51. The van der Waals surface area contributed by atoms with Gasteiger partial charge in [-0.2, -0.15) is 9.41 Å². The minimum atomic E-state index is -3.61. The highest BCUT2D eigenvalue weighted by Gasteiger charge is 2.45. The van der Waals surface area contributed by atoms with E-state index in [-0.39, 0.29) is 16.4 Å². The van der Waals surface area contributed by atoms with Crippen LogP contribution in [0.25, 0.3) is 6.08 Å². The fourth-order valence-electron chi connectivity index (χ4n) is 5.78. The van der Waals surface area contributed by atoms with E-state index in [9.17, 15) is 18.0 Å². The Morgan fingerprint density at radius 2 is 1.73 bits per heavy atom. The maximum absolute atomic E-state index is 13.4. The molecule has 10 nitrogen and oxygen atoms in total. The topological polar surface area (TPSA) is 123 Å². The fourth-order valence-corrected chi connectivity index (χ4v) is 7.30. The molecule has 214 valence electrons. The summed E-state index contributed by atoms with van der Waals surface area (Å²) in [6.07, 6.45) is 10.4. The van der Waals surface area contributed by atoms with Crippen molar-refractivity contribution in [3.63, 3.8) is 0 Å². The number of benzene rings is 1. The smallest absolute Gasteiger partial charge is 0.338 e. The van der Waals surface area contributed by atoms with Crippen LogP contribution < -0.4 is 0 Å². The van der Waals surface area contributed by atoms with Crippen molar-refractivity contribution in [1.82, 2.24) is 9.31 Å². The van der Waals surface area contributed by atoms with Gasteiger partial charge in [-0.15, -0.1) is 0 Å². The SMILES string of the molecule is O=C(OCC(=O)N1N=C2C(=Cc3ccco3)CCCC2C1c1ccco1)c1ccc(S(=O)(=O)N2CCCCC2)cc1. The molecule has 2 aromatic heterocycles. The molecule has 2 aliphatic heterocycles. The standard InChI is InChI=1S/C30H31N3O7S/c34-27(20-40-30(35)21-11-13-24(14-12-21)41(36,37)32-15-2-1-3-16-32)33-29(26-10-6-18-39-26)25-9-4-7-22(28(25)31-33)19-23-8-5-17-38-23/h5-6,8,10-14,17-19,25,29H,1-4,7,9,15-16,20H2. The zero-order valence-corrected chi connectivity index (χ0v) is 23.3. The summed E-state index contributed by atoms with van der Waals surface area (Å²) in [6.45, 7) is 0.467. The number of ether oxygens (including phenoxy) is 1. The van der Waals surface area contributed by atoms with Gasteiger partial charge >= 0.3 is 5.97 Å². The van der Waals surface area contributed by atoms with Crippen molar-refractivity contribution >= 4 is 33.7 Å². The summed E-state index contributed by atoms with van der Waals surface area (Å²) in [5.74, 6) is 0.0514. The van der Waals surface area contributed by atoms with Crippen LogP contribution >= 0.6 is 0 Å². The number of carbonyl (C=O) groups is 2. The predicted molar refractivity (Wildman–Crippen MR) is 149 cm³/mol. The van der Waals surface area contributed by atoms with Gasteiger partial charge in [-0.05, 0) is 92.3 Å². The van der Waals surface area contributed by atoms with Crippen molar-refractivity contribution in [1.29, 1.82) is 0 Å². The average molecular weight is 578 g/mol. The highest BCUT2D eigenvalue weighted by molar-refractivity contribution is 7.89. The van der Waals surface area contributed by atoms with Crippen LogP contribution in [0.2, 0.25) is 0 Å². The van der Waals surface area contributed by atoms with Gasteiger partial charge in [-0.3, -0.25) is 4.79 Å². The molecule has 2 fully saturated rings. The number of rotatable bonds is 7. The third-order valence-electron chi connectivity index (χ3n) is 7.82. The molecule has 1 aliphatic carbocycles. The van der Waals surface area contributed by atoms with Crippen molar-refractivity contribution in [2.45, 2.75) is 49.5 Å². The first-order chi connectivity index (χ1) is 19.9. The molecule has 0 N–H and O–H groups in total. The van der Waals surface area contributed by atoms with Crippen LogP contribution in [-0.4, -0.2) is 55.0 Å². The molecule has 0 spiro atoms. The largest absolute Gasteiger partial charge is 0.467 e. The first-order valence-corrected chi connectivity index (χ1v) is 15.3. The van der Waals surface area contributed by atoms with Gasteiger partial charge in [-0.1, -0.05) is 6.42 Å². The summed E-state index contributed by atoms with van der Waals surface area (Å²) in [7, 11) is -3.61. The van der Waals surface area contributed by atoms with Crippen LogP contribution in [0.3, 0.4) is 0 Å². The molecular formula is C30H31N3O7S. The second kappa shape index (κ2) is 11.5. The van der Waals surface area contributed by atoms with Crippen LogP contribution in [-0.2, 0) is 19.6 Å². The molecule has 3 aliphatic rings. The Morgan fingerprint density at radius 1 is 0.976 bits per heavy atom. The number of fused-ring (bicyclic) bond motifs is 1. The molecule has 0 radical (unpaired) electrons. The van der Waals surface area contributed by atoms with Crippen LogP contribution in [0, 0.1) is 5.92 Å². The molecule has 3 aromatic rings. The summed E-state index contributed by atoms with van der Waals surface area (Å²) < 4.78 is 43.8. The van der Waals surface area contributed by atoms with E-state index >= 15 is 0 Å². The minimum absolute atomic E-state index is 0.0647. The number of amides is 1. The number of piperidine rings is 1. The molecule has 1 saturated carbocycles. The Bertz CT molecular complexity index is 1550. The van der Waals surface area contributed by atoms with Gasteiger partial charge in [0, 0.05) is 19.0 Å². The number of hydrazone groups is 1. The average Bonchev–Trinajstić information content (AvgIpc) is 3.78. The van der Waals surface area contributed by atoms with Crippen LogP contribution in [0.1, 0.15) is 66.4 Å². The lowest BCUT2D eigenvalue weighted by Crippen LogP contribution is -2.35. The van der Waals surface area contributed by atoms with Crippen LogP contribution in [0.4, 0.5) is 0 Å². The number of nitrogens with zero attached hydrogens (tertiary/aromatic N) is 3. The third-order valence-corrected chi connectivity index (χ3v) is 9.73. The monoisotopic (exact) mass is 577 g/mol. The summed E-state index contributed by atoms with van der Waals surface area (Å²) in [6, 6.07) is 12.4. The van der Waals surface area contributed by atoms with Crippen molar-refractivity contribution in [2.75, 3.05) is 19.7 Å². The molecule has 2 unspecified atom stereocenters. The lowest BCUT2D eigenvalue weighted by atomic mass is 9.79. The zero-order valence-electron chi connectivity index (χ0n) is 22.5. The molecule has 0 bridgehead atoms. The number of allylic oxidation sites excluding steroid dienone is 1. The number of hydrogen-bond acceptors (Lipinski definition) is 8. The molecule has 2 atom stereocenters. The van der Waals surface area contributed by atoms with E-state index in [2.05, 4.69) is 0 Å². The molecule has 41 heavy (non-hydrogen) atoms. The highest BCUT2D eigenvalue weighted by Crippen LogP contribution is 2.44. The number of furan rings is 2. The van der Waals surface area contributed by atoms with Gasteiger partial charge in [0.1, 0.15) is 17.6 Å². The van der Waals surface area contributed by atoms with Gasteiger partial charge in [-0.25, -0.2) is 18.2 Å². The Morgan fingerprint density at radius 3 is 2.44 bits per heavy atom. The lowest BCUT2D eigenvalue weighted by molar-refractivity contribution is -0.137. The van der Waals surface area contributed by atoms with Crippen molar-refractivity contribution in [3.05, 3.63) is 83.7 Å². The van der Waals surface area contributed by atoms with E-state index in [4.69, 9.17) is 18.7 Å². The fraction of sp³-hybridized carbons (Fsp3) is 0.367. The lowest BCUT2D eigenvalue weighted by Gasteiger charge is -2.27. The van der Waals surface area contributed by atoms with Gasteiger partial charge in [0.05, 0.1) is 28.7 Å². The normalized spacial score (nSPS) is 22.4. The van der Waals surface area contributed by atoms with E-state index < -0.39 is 34.5 Å². The Hall–Kier alpha value is -3.96. The molecule has 11 heteroatoms. The molecular weight excluding hydrogens is 546 g/mol. The van der Waals surface area contributed by atoms with Crippen LogP contribution in [0.5, 0.6) is 0 Å². The Balaban J connectivity index is 1.16. The first-order valence-electron chi connectivity index (χ1n) is 13.9. The molecule has 1 amide bonds. The Kier molecular flexibility index (Phi) is 7.63. The van der Waals surface area contributed by atoms with Gasteiger partial charge in [0.15, 0.2) is 6.61 Å². The second-order valence-electron chi connectivity index (χ2n) is 10.4. The predicted octanol–water partition coefficient (Wildman–Crippen LogP) is 5.03. The highest BCUT2D eigenvalue weighted by atomic mass is 32.2. The number of esters is 1. The number of sulfonamides is 1. The second-order valence-corrected chi connectivity index (χ2v) is 12.4. The molecule has 6 rings (SSSR count). The van der Waals surface area contributed by atoms with Gasteiger partial charge < -0.3 is 13.6 Å². The quantitative estimate of drug-likeness (QED) is 0.361. The minimum Gasteiger partial charge on any atom is -0.467 e. The summed E-state index contributed by atoms with van der Waals surface area (Å²) in [5, 5.41) is 6.07. The van der Waals surface area contributed by atoms with E-state index in [0.29, 0.717) is 24.6 Å². The van der Waals surface area contributed by atoms with E-state index in [1.807, 2.05) is 24.3 Å². The van der Waals surface area contributed by atoms with Crippen molar-refractivity contribution in [2.24, 2.45) is 11.0 Å². The van der Waals surface area contributed by atoms with Gasteiger partial charge in [0.25, 0.3) is 5.91 Å². The molecule has 1 saturated heterocycles. The molecule has 1 aromatic carbocycles. The maximum atomic E-state index is 13.4. The number of hydrogen-bond donors (Lipinski definition) is 0. The Labute approximate surface area is 238 Å². The summed E-state index contributed by atoms with van der Waals surface area (Å²) in [5.41, 5.74) is 1.96. The van der Waals surface area contributed by atoms with E-state index in [0.717, 1.165) is 49.8 Å². The first kappa shape index (κ1) is 27.2. The van der Waals surface area contributed by atoms with Crippen molar-refractivity contribution in [3.8, 4) is 0 Å². The zero-order chi connectivity index (χ0) is 28.4. The summed E-state index contributed by atoms with van der Waals surface area (Å²) >= 11 is 0. The summed E-state index contributed by atoms with van der Waals surface area (Å²) in [4.78, 5) is 26.3. The number of carbonyl (C=O) groups excluding carboxylic acids is 2. The van der Waals surface area contributed by atoms with Gasteiger partial charge in [0.2, 0.25) is 10.0 Å². The van der Waals surface area contributed by atoms with Crippen molar-refractivity contribution < 1.29 is 31.6 Å². The van der Waals surface area contributed by atoms with E-state index in [1.165, 1.54) is 33.6 Å². The van der Waals surface area contributed by atoms with Crippen LogP contribution in [0.15, 0.2) is 85.5 Å². The van der Waals surface area contributed by atoms with E-state index in [1.54, 1.807) is 18.6 Å².